The summed E-state index contributed by atoms with van der Waals surface area (Å²) in [7, 11) is -5.13. The highest BCUT2D eigenvalue weighted by Crippen LogP contribution is 2.50. The number of nitrogens with zero attached hydrogens (tertiary/aromatic N) is 1. The molecule has 0 amide bonds. The zero-order valence-corrected chi connectivity index (χ0v) is 10.1. The minimum absolute atomic E-state index is 0.515. The van der Waals surface area contributed by atoms with Crippen LogP contribution >= 0.6 is 31.1 Å². The standard InChI is InChI=1S/C5H8Cl2F2NO4P/c1-3(6)4(2)12-14-15(9,11)13-10-5(7)8/h3-4H,1-2H3. The molecule has 0 saturated carbocycles. The van der Waals surface area contributed by atoms with Crippen molar-refractivity contribution in [2.75, 3.05) is 0 Å². The smallest absolute Gasteiger partial charge is 0.283 e. The molecular weight excluding hydrogens is 278 g/mol. The van der Waals surface area contributed by atoms with Crippen LogP contribution in [0.1, 0.15) is 13.8 Å². The molecule has 0 aliphatic heterocycles. The van der Waals surface area contributed by atoms with Crippen LogP contribution in [0.3, 0.4) is 0 Å². The van der Waals surface area contributed by atoms with Crippen LogP contribution in [0.15, 0.2) is 5.16 Å². The molecule has 15 heavy (non-hydrogen) atoms. The van der Waals surface area contributed by atoms with Crippen LogP contribution in [0.5, 0.6) is 0 Å². The minimum atomic E-state index is -5.13. The Bertz CT molecular complexity index is 274. The van der Waals surface area contributed by atoms with Gasteiger partial charge in [-0.2, -0.15) is 4.39 Å². The molecule has 0 aromatic rings. The maximum absolute atomic E-state index is 12.7. The first-order chi connectivity index (χ1) is 6.74. The Hall–Kier alpha value is 0.0600. The summed E-state index contributed by atoms with van der Waals surface area (Å²) >= 11 is 10.1. The molecule has 0 saturated heterocycles. The highest BCUT2D eigenvalue weighted by molar-refractivity contribution is 7.47. The van der Waals surface area contributed by atoms with E-state index >= 15 is 0 Å². The van der Waals surface area contributed by atoms with E-state index in [1.165, 1.54) is 13.8 Å². The van der Waals surface area contributed by atoms with Crippen LogP contribution < -0.4 is 0 Å². The van der Waals surface area contributed by atoms with E-state index in [0.29, 0.717) is 0 Å². The van der Waals surface area contributed by atoms with Gasteiger partial charge in [0.1, 0.15) is 6.10 Å². The first-order valence-electron chi connectivity index (χ1n) is 3.61. The topological polar surface area (TPSA) is 57.1 Å². The van der Waals surface area contributed by atoms with E-state index in [4.69, 9.17) is 11.6 Å². The Morgan fingerprint density at radius 3 is 2.47 bits per heavy atom. The van der Waals surface area contributed by atoms with Gasteiger partial charge in [-0.15, -0.1) is 20.5 Å². The molecule has 0 aliphatic carbocycles. The van der Waals surface area contributed by atoms with E-state index < -0.39 is 24.8 Å². The SMILES string of the molecule is CC(Cl)C(C)OOP(=O)(F)ON=C(F)Cl. The number of halogens is 4. The zero-order valence-electron chi connectivity index (χ0n) is 7.69. The second kappa shape index (κ2) is 6.60. The van der Waals surface area contributed by atoms with Crippen LogP contribution in [0.25, 0.3) is 0 Å². The first kappa shape index (κ1) is 15.1. The van der Waals surface area contributed by atoms with Crippen LogP contribution in [0.2, 0.25) is 0 Å². The highest BCUT2D eigenvalue weighted by atomic mass is 35.5. The third-order valence-corrected chi connectivity index (χ3v) is 2.10. The Labute approximate surface area is 94.8 Å². The fourth-order valence-electron chi connectivity index (χ4n) is 0.289. The fraction of sp³-hybridized carbons (Fsp3) is 0.800. The molecule has 0 heterocycles. The summed E-state index contributed by atoms with van der Waals surface area (Å²) in [5, 5.41) is 1.74. The van der Waals surface area contributed by atoms with Gasteiger partial charge in [-0.25, -0.2) is 9.45 Å². The van der Waals surface area contributed by atoms with Crippen molar-refractivity contribution in [1.82, 2.24) is 0 Å². The largest absolute Gasteiger partial charge is 0.618 e. The Morgan fingerprint density at radius 1 is 1.53 bits per heavy atom. The Morgan fingerprint density at radius 2 is 2.07 bits per heavy atom. The predicted octanol–water partition coefficient (Wildman–Crippen LogP) is 3.52. The minimum Gasteiger partial charge on any atom is -0.283 e. The van der Waals surface area contributed by atoms with Crippen LogP contribution in [0.4, 0.5) is 8.59 Å². The number of alkyl halides is 1. The lowest BCUT2D eigenvalue weighted by atomic mass is 10.3. The van der Waals surface area contributed by atoms with Gasteiger partial charge in [0, 0.05) is 0 Å². The average Bonchev–Trinajstić information content (AvgIpc) is 2.11. The number of hydrogen-bond donors (Lipinski definition) is 0. The molecule has 0 rings (SSSR count). The molecule has 10 heteroatoms. The van der Waals surface area contributed by atoms with Crippen molar-refractivity contribution in [3.05, 3.63) is 0 Å². The van der Waals surface area contributed by atoms with E-state index in [9.17, 15) is 13.2 Å². The Balaban J connectivity index is 4.05. The second-order valence-electron chi connectivity index (χ2n) is 2.40. The van der Waals surface area contributed by atoms with Gasteiger partial charge >= 0.3 is 13.3 Å². The molecule has 0 fully saturated rings. The van der Waals surface area contributed by atoms with Gasteiger partial charge < -0.3 is 0 Å². The Kier molecular flexibility index (Phi) is 6.63. The molecule has 0 aromatic carbocycles. The summed E-state index contributed by atoms with van der Waals surface area (Å²) < 4.78 is 42.3. The molecule has 0 aliphatic rings. The van der Waals surface area contributed by atoms with Crippen LogP contribution in [-0.2, 0) is 18.8 Å². The molecule has 5 nitrogen and oxygen atoms in total. The van der Waals surface area contributed by atoms with Crippen molar-refractivity contribution in [1.29, 1.82) is 0 Å². The lowest BCUT2D eigenvalue weighted by Gasteiger charge is -2.13. The monoisotopic (exact) mass is 285 g/mol. The number of oxime groups is 1. The van der Waals surface area contributed by atoms with Crippen molar-refractivity contribution in [3.8, 4) is 0 Å². The summed E-state index contributed by atoms with van der Waals surface area (Å²) in [6, 6.07) is 0. The highest BCUT2D eigenvalue weighted by Gasteiger charge is 2.30. The van der Waals surface area contributed by atoms with E-state index in [-0.39, 0.29) is 0 Å². The lowest BCUT2D eigenvalue weighted by molar-refractivity contribution is -0.251. The molecule has 0 bridgehead atoms. The van der Waals surface area contributed by atoms with Crippen molar-refractivity contribution in [2.45, 2.75) is 25.3 Å². The quantitative estimate of drug-likeness (QED) is 0.246. The van der Waals surface area contributed by atoms with Crippen molar-refractivity contribution < 1.29 is 27.3 Å². The summed E-state index contributed by atoms with van der Waals surface area (Å²) in [5.41, 5.74) is -1.63. The summed E-state index contributed by atoms with van der Waals surface area (Å²) in [6.45, 7) is 2.97. The molecule has 0 N–H and O–H groups in total. The fourth-order valence-corrected chi connectivity index (χ4v) is 0.849. The third kappa shape index (κ3) is 7.93. The predicted molar refractivity (Wildman–Crippen MR) is 51.1 cm³/mol. The summed E-state index contributed by atoms with van der Waals surface area (Å²) in [4.78, 5) is 4.27. The van der Waals surface area contributed by atoms with Crippen molar-refractivity contribution in [3.63, 3.8) is 0 Å². The van der Waals surface area contributed by atoms with Gasteiger partial charge in [0.2, 0.25) is 0 Å². The molecule has 0 spiro atoms. The molecule has 3 atom stereocenters. The van der Waals surface area contributed by atoms with E-state index in [1.54, 1.807) is 0 Å². The normalized spacial score (nSPS) is 20.5. The number of hydrogen-bond acceptors (Lipinski definition) is 5. The van der Waals surface area contributed by atoms with Gasteiger partial charge in [-0.3, -0.25) is 4.62 Å². The maximum Gasteiger partial charge on any atom is 0.618 e. The average molecular weight is 286 g/mol. The third-order valence-electron chi connectivity index (χ3n) is 1.14. The zero-order chi connectivity index (χ0) is 12.1. The second-order valence-corrected chi connectivity index (χ2v) is 4.57. The van der Waals surface area contributed by atoms with Crippen molar-refractivity contribution in [2.24, 2.45) is 5.16 Å². The molecular formula is C5H8Cl2F2NO4P. The van der Waals surface area contributed by atoms with Crippen molar-refractivity contribution >= 4 is 36.5 Å². The first-order valence-corrected chi connectivity index (χ1v) is 5.86. The van der Waals surface area contributed by atoms with Gasteiger partial charge in [0.05, 0.1) is 5.38 Å². The van der Waals surface area contributed by atoms with Gasteiger partial charge in [-0.05, 0) is 30.6 Å². The molecule has 3 unspecified atom stereocenters. The number of rotatable bonds is 6. The van der Waals surface area contributed by atoms with Crippen LogP contribution in [-0.4, -0.2) is 16.9 Å². The summed E-state index contributed by atoms with van der Waals surface area (Å²) in [5.74, 6) is 0. The van der Waals surface area contributed by atoms with Gasteiger partial charge in [0.15, 0.2) is 0 Å². The van der Waals surface area contributed by atoms with Gasteiger partial charge in [0.25, 0.3) is 0 Å². The molecule has 0 aromatic heterocycles. The molecule has 0 radical (unpaired) electrons. The lowest BCUT2D eigenvalue weighted by Crippen LogP contribution is -2.17. The van der Waals surface area contributed by atoms with Crippen LogP contribution in [0, 0.1) is 0 Å². The maximum atomic E-state index is 12.7. The van der Waals surface area contributed by atoms with E-state index in [2.05, 4.69) is 30.9 Å². The molecule has 90 valence electrons. The van der Waals surface area contributed by atoms with Gasteiger partial charge in [-0.1, -0.05) is 0 Å². The van der Waals surface area contributed by atoms with E-state index in [0.717, 1.165) is 0 Å². The summed E-state index contributed by atoms with van der Waals surface area (Å²) in [6.07, 6.45) is -0.746. The van der Waals surface area contributed by atoms with E-state index in [1.807, 2.05) is 0 Å².